The lowest BCUT2D eigenvalue weighted by Crippen LogP contribution is -2.61. The number of alkyl carbamates (subject to hydrolysis) is 1. The number of fused-ring (bicyclic) bond motifs is 1. The fourth-order valence-electron chi connectivity index (χ4n) is 10.2. The quantitative estimate of drug-likeness (QED) is 0.210. The summed E-state index contributed by atoms with van der Waals surface area (Å²) in [6, 6.07) is 3.55. The average Bonchev–Trinajstić information content (AvgIpc) is 3.67. The molecule has 4 heterocycles. The van der Waals surface area contributed by atoms with Gasteiger partial charge >= 0.3 is 18.2 Å². The number of Topliss-reactive ketones (excluding diaryl/α,β-unsaturated/α-hetero) is 1. The molecule has 2 amide bonds. The predicted molar refractivity (Wildman–Crippen MR) is 226 cm³/mol. The normalized spacial score (nSPS) is 40.3. The van der Waals surface area contributed by atoms with Crippen LogP contribution in [-0.2, 0) is 38.0 Å². The SMILES string of the molecule is CC[C@H]1OC(=O)[C@H](C)[C@@H](OC(=O)N2CC(C)(C)C[C@@H]2c2ccc(Cl)cc2Cl)[C@H](C)[C@@H](O[C@@H]2O[C@H](C)C[C@H](N(C)C)[C@H]2O)[C@](C)(OC)C[C@@H](C)C(=O)[C@H](C)[C@H]2NC(=O)O[C@@]21C. The monoisotopic (exact) mass is 883 g/mol. The van der Waals surface area contributed by atoms with Gasteiger partial charge in [0.1, 0.15) is 24.1 Å². The molecular formula is C44H67Cl2N3O11. The van der Waals surface area contributed by atoms with Crippen molar-refractivity contribution in [1.82, 2.24) is 15.1 Å². The number of ketones is 1. The molecule has 60 heavy (non-hydrogen) atoms. The number of likely N-dealkylation sites (tertiary alicyclic amines) is 1. The van der Waals surface area contributed by atoms with Gasteiger partial charge in [-0.3, -0.25) is 9.59 Å². The third-order valence-electron chi connectivity index (χ3n) is 13.6. The molecule has 1 aromatic carbocycles. The highest BCUT2D eigenvalue weighted by atomic mass is 35.5. The van der Waals surface area contributed by atoms with Crippen LogP contribution >= 0.6 is 23.2 Å². The van der Waals surface area contributed by atoms with Crippen molar-refractivity contribution < 1.29 is 52.7 Å². The number of benzene rings is 1. The summed E-state index contributed by atoms with van der Waals surface area (Å²) in [7, 11) is 5.26. The fourth-order valence-corrected chi connectivity index (χ4v) is 10.8. The number of aliphatic hydroxyl groups excluding tert-OH is 1. The van der Waals surface area contributed by atoms with E-state index in [1.54, 1.807) is 71.6 Å². The number of cyclic esters (lactones) is 1. The van der Waals surface area contributed by atoms with Crippen molar-refractivity contribution in [1.29, 1.82) is 0 Å². The molecule has 14 nitrogen and oxygen atoms in total. The Hall–Kier alpha value is -2.72. The van der Waals surface area contributed by atoms with Crippen LogP contribution in [0.25, 0.3) is 0 Å². The van der Waals surface area contributed by atoms with Gasteiger partial charge in [0.25, 0.3) is 0 Å². The van der Waals surface area contributed by atoms with Gasteiger partial charge in [-0.25, -0.2) is 9.59 Å². The van der Waals surface area contributed by atoms with Crippen molar-refractivity contribution in [2.45, 2.75) is 161 Å². The maximum atomic E-state index is 14.8. The number of esters is 1. The zero-order valence-electron chi connectivity index (χ0n) is 37.5. The second kappa shape index (κ2) is 18.6. The molecular weight excluding hydrogens is 817 g/mol. The molecule has 0 saturated carbocycles. The van der Waals surface area contributed by atoms with Gasteiger partial charge in [0.05, 0.1) is 35.8 Å². The number of carbonyl (C=O) groups excluding carboxylic acids is 4. The number of methoxy groups -OCH3 is 1. The lowest BCUT2D eigenvalue weighted by atomic mass is 9.73. The van der Waals surface area contributed by atoms with Crippen LogP contribution in [-0.4, -0.2) is 127 Å². The van der Waals surface area contributed by atoms with E-state index in [0.717, 1.165) is 0 Å². The molecule has 1 aromatic rings. The number of hydrogen-bond donors (Lipinski definition) is 2. The Bertz CT molecular complexity index is 1750. The van der Waals surface area contributed by atoms with Crippen LogP contribution in [0.1, 0.15) is 107 Å². The number of nitrogens with zero attached hydrogens (tertiary/aromatic N) is 2. The Labute approximate surface area is 365 Å². The van der Waals surface area contributed by atoms with Crippen LogP contribution in [0, 0.1) is 29.1 Å². The minimum absolute atomic E-state index is 0.115. The molecule has 0 spiro atoms. The first-order valence-corrected chi connectivity index (χ1v) is 22.0. The van der Waals surface area contributed by atoms with Gasteiger partial charge in [0.15, 0.2) is 11.9 Å². The fraction of sp³-hybridized carbons (Fsp3) is 0.773. The number of ether oxygens (including phenoxy) is 6. The number of aliphatic hydroxyl groups is 1. The molecule has 15 atom stereocenters. The minimum atomic E-state index is -1.41. The average molecular weight is 885 g/mol. The second-order valence-electron chi connectivity index (χ2n) is 19.1. The third-order valence-corrected chi connectivity index (χ3v) is 14.2. The summed E-state index contributed by atoms with van der Waals surface area (Å²) in [6.07, 6.45) is -5.71. The lowest BCUT2D eigenvalue weighted by molar-refractivity contribution is -0.301. The third kappa shape index (κ3) is 9.75. The molecule has 338 valence electrons. The van der Waals surface area contributed by atoms with Crippen LogP contribution in [0.3, 0.4) is 0 Å². The van der Waals surface area contributed by atoms with Crippen LogP contribution in [0.15, 0.2) is 18.2 Å². The Morgan fingerprint density at radius 2 is 1.70 bits per heavy atom. The number of halogens is 2. The maximum Gasteiger partial charge on any atom is 0.410 e. The van der Waals surface area contributed by atoms with E-state index in [1.807, 2.05) is 25.9 Å². The minimum Gasteiger partial charge on any atom is -0.458 e. The number of nitrogens with one attached hydrogen (secondary N) is 1. The molecule has 0 radical (unpaired) electrons. The molecule has 0 bridgehead atoms. The largest absolute Gasteiger partial charge is 0.458 e. The molecule has 4 aliphatic heterocycles. The topological polar surface area (TPSA) is 162 Å². The standard InChI is InChI=1S/C44H67Cl2N3O11/c1-14-32-44(10)36(47-40(53)60-44)24(4)33(50)22(2)19-43(9,55-13)37(59-39-34(51)30(48(11)12)17-23(3)56-39)25(5)35(26(6)38(52)57-32)58-41(54)49-21-42(7,8)20-31(49)28-16-15-27(45)18-29(28)46/h15-16,18,22-26,30-32,34-37,39,51H,14,17,19-21H2,1-13H3,(H,47,53)/t22-,23-,24+,25+,26-,30+,31-,32-,34-,35+,36-,37-,39+,43-,44-/m1/s1. The van der Waals surface area contributed by atoms with Gasteiger partial charge in [-0.15, -0.1) is 0 Å². The van der Waals surface area contributed by atoms with E-state index in [0.29, 0.717) is 35.0 Å². The number of likely N-dealkylation sites (N-methyl/N-ethyl adjacent to an activating group) is 1. The van der Waals surface area contributed by atoms with Crippen molar-refractivity contribution in [3.8, 4) is 0 Å². The highest BCUT2D eigenvalue weighted by Gasteiger charge is 2.58. The molecule has 5 rings (SSSR count). The van der Waals surface area contributed by atoms with E-state index >= 15 is 0 Å². The van der Waals surface area contributed by atoms with Gasteiger partial charge < -0.3 is 48.6 Å². The Balaban J connectivity index is 1.64. The van der Waals surface area contributed by atoms with Crippen molar-refractivity contribution in [2.75, 3.05) is 27.7 Å². The Morgan fingerprint density at radius 1 is 1.03 bits per heavy atom. The second-order valence-corrected chi connectivity index (χ2v) is 20.0. The van der Waals surface area contributed by atoms with Gasteiger partial charge in [0, 0.05) is 47.5 Å². The van der Waals surface area contributed by atoms with E-state index < -0.39 is 95.8 Å². The number of amides is 2. The van der Waals surface area contributed by atoms with E-state index in [4.69, 9.17) is 51.6 Å². The first-order valence-electron chi connectivity index (χ1n) is 21.2. The van der Waals surface area contributed by atoms with E-state index in [-0.39, 0.29) is 36.2 Å². The van der Waals surface area contributed by atoms with Crippen LogP contribution in [0.2, 0.25) is 10.0 Å². The predicted octanol–water partition coefficient (Wildman–Crippen LogP) is 7.19. The summed E-state index contributed by atoms with van der Waals surface area (Å²) < 4.78 is 38.2. The summed E-state index contributed by atoms with van der Waals surface area (Å²) in [4.78, 5) is 60.3. The molecule has 4 fully saturated rings. The van der Waals surface area contributed by atoms with Gasteiger partial charge in [-0.2, -0.15) is 0 Å². The van der Waals surface area contributed by atoms with E-state index in [9.17, 15) is 24.3 Å². The van der Waals surface area contributed by atoms with Crippen LogP contribution < -0.4 is 5.32 Å². The van der Waals surface area contributed by atoms with Crippen LogP contribution in [0.4, 0.5) is 9.59 Å². The summed E-state index contributed by atoms with van der Waals surface area (Å²) in [5, 5.41) is 15.4. The molecule has 2 N–H and O–H groups in total. The number of rotatable bonds is 7. The van der Waals surface area contributed by atoms with Crippen molar-refractivity contribution in [3.63, 3.8) is 0 Å². The summed E-state index contributed by atoms with van der Waals surface area (Å²) in [6.45, 7) is 18.6. The summed E-state index contributed by atoms with van der Waals surface area (Å²) in [5.41, 5.74) is -2.33. The zero-order chi connectivity index (χ0) is 44.8. The van der Waals surface area contributed by atoms with Crippen molar-refractivity contribution in [2.24, 2.45) is 29.1 Å². The maximum absolute atomic E-state index is 14.8. The summed E-state index contributed by atoms with van der Waals surface area (Å²) in [5.74, 6) is -4.27. The first-order chi connectivity index (χ1) is 27.9. The molecule has 0 aliphatic carbocycles. The Kier molecular flexibility index (Phi) is 14.9. The highest BCUT2D eigenvalue weighted by Crippen LogP contribution is 2.47. The van der Waals surface area contributed by atoms with Crippen LogP contribution in [0.5, 0.6) is 0 Å². The Morgan fingerprint density at radius 3 is 2.30 bits per heavy atom. The van der Waals surface area contributed by atoms with Gasteiger partial charge in [-0.1, -0.05) is 70.8 Å². The van der Waals surface area contributed by atoms with E-state index in [2.05, 4.69) is 19.2 Å². The highest BCUT2D eigenvalue weighted by molar-refractivity contribution is 6.35. The number of carbonyl (C=O) groups is 4. The summed E-state index contributed by atoms with van der Waals surface area (Å²) >= 11 is 13.0. The zero-order valence-corrected chi connectivity index (χ0v) is 39.0. The molecule has 0 unspecified atom stereocenters. The number of hydrogen-bond acceptors (Lipinski definition) is 12. The first kappa shape index (κ1) is 48.3. The van der Waals surface area contributed by atoms with Crippen molar-refractivity contribution in [3.05, 3.63) is 33.8 Å². The lowest BCUT2D eigenvalue weighted by Gasteiger charge is -2.48. The van der Waals surface area contributed by atoms with Crippen molar-refractivity contribution >= 4 is 47.1 Å². The van der Waals surface area contributed by atoms with Gasteiger partial charge in [-0.05, 0) is 90.6 Å². The smallest absolute Gasteiger partial charge is 0.410 e. The molecule has 16 heteroatoms. The molecule has 4 saturated heterocycles. The molecule has 4 aliphatic rings. The van der Waals surface area contributed by atoms with Gasteiger partial charge in [0.2, 0.25) is 0 Å². The molecule has 0 aromatic heterocycles. The van der Waals surface area contributed by atoms with E-state index in [1.165, 1.54) is 7.11 Å².